The highest BCUT2D eigenvalue weighted by Crippen LogP contribution is 2.17. The van der Waals surface area contributed by atoms with Crippen molar-refractivity contribution in [1.82, 2.24) is 0 Å². The lowest BCUT2D eigenvalue weighted by atomic mass is 10.2. The summed E-state index contributed by atoms with van der Waals surface area (Å²) in [6, 6.07) is 9.75. The third-order valence-electron chi connectivity index (χ3n) is 2.59. The second-order valence-corrected chi connectivity index (χ2v) is 3.91. The molecule has 0 aliphatic carbocycles. The fourth-order valence-corrected chi connectivity index (χ4v) is 1.60. The molecule has 1 amide bonds. The molecule has 0 saturated heterocycles. The van der Waals surface area contributed by atoms with Gasteiger partial charge in [-0.15, -0.1) is 0 Å². The third-order valence-corrected chi connectivity index (χ3v) is 2.59. The molecular weight excluding hydrogens is 250 g/mol. The molecule has 0 bridgehead atoms. The van der Waals surface area contributed by atoms with Crippen molar-refractivity contribution in [2.24, 2.45) is 0 Å². The largest absolute Gasteiger partial charge is 0.388 e. The van der Waals surface area contributed by atoms with Gasteiger partial charge in [0.05, 0.1) is 5.69 Å². The van der Waals surface area contributed by atoms with Gasteiger partial charge in [0, 0.05) is 24.4 Å². The van der Waals surface area contributed by atoms with E-state index in [1.807, 2.05) is 0 Å². The summed E-state index contributed by atoms with van der Waals surface area (Å²) >= 11 is 0. The van der Waals surface area contributed by atoms with Gasteiger partial charge in [0.1, 0.15) is 11.6 Å². The van der Waals surface area contributed by atoms with Crippen LogP contribution in [-0.4, -0.2) is 13.0 Å². The number of halogens is 2. The standard InChI is InChI=1S/C14H12F2N2O/c1-17-11-4-2-3-9(7-11)14(19)18-13-6-5-10(15)8-12(13)16/h2-8,17H,1H3,(H,18,19). The van der Waals surface area contributed by atoms with E-state index >= 15 is 0 Å². The lowest BCUT2D eigenvalue weighted by Crippen LogP contribution is -2.13. The maximum Gasteiger partial charge on any atom is 0.255 e. The Morgan fingerprint density at radius 2 is 1.89 bits per heavy atom. The molecule has 0 aliphatic heterocycles. The highest BCUT2D eigenvalue weighted by molar-refractivity contribution is 6.04. The quantitative estimate of drug-likeness (QED) is 0.891. The maximum absolute atomic E-state index is 13.4. The Kier molecular flexibility index (Phi) is 3.75. The van der Waals surface area contributed by atoms with Crippen LogP contribution in [-0.2, 0) is 0 Å². The summed E-state index contributed by atoms with van der Waals surface area (Å²) < 4.78 is 26.2. The number of nitrogens with one attached hydrogen (secondary N) is 2. The average Bonchev–Trinajstić information content (AvgIpc) is 2.42. The van der Waals surface area contributed by atoms with Crippen LogP contribution in [0.5, 0.6) is 0 Å². The minimum Gasteiger partial charge on any atom is -0.388 e. The van der Waals surface area contributed by atoms with Crippen LogP contribution in [0.15, 0.2) is 42.5 Å². The summed E-state index contributed by atoms with van der Waals surface area (Å²) in [6.45, 7) is 0. The van der Waals surface area contributed by atoms with Crippen LogP contribution >= 0.6 is 0 Å². The Morgan fingerprint density at radius 1 is 1.11 bits per heavy atom. The van der Waals surface area contributed by atoms with Gasteiger partial charge in [-0.3, -0.25) is 4.79 Å². The normalized spacial score (nSPS) is 10.1. The van der Waals surface area contributed by atoms with Crippen LogP contribution in [0, 0.1) is 11.6 Å². The summed E-state index contributed by atoms with van der Waals surface area (Å²) in [5, 5.41) is 5.30. The molecule has 0 heterocycles. The summed E-state index contributed by atoms with van der Waals surface area (Å²) in [5.74, 6) is -1.95. The van der Waals surface area contributed by atoms with E-state index in [4.69, 9.17) is 0 Å². The number of carbonyl (C=O) groups is 1. The molecule has 0 spiro atoms. The summed E-state index contributed by atoms with van der Waals surface area (Å²) in [7, 11) is 1.73. The van der Waals surface area contributed by atoms with Gasteiger partial charge in [-0.05, 0) is 30.3 Å². The molecule has 2 rings (SSSR count). The Bertz CT molecular complexity index is 614. The fraction of sp³-hybridized carbons (Fsp3) is 0.0714. The molecule has 0 fully saturated rings. The lowest BCUT2D eigenvalue weighted by Gasteiger charge is -2.07. The highest BCUT2D eigenvalue weighted by Gasteiger charge is 2.10. The van der Waals surface area contributed by atoms with Crippen LogP contribution in [0.2, 0.25) is 0 Å². The molecule has 2 aromatic carbocycles. The topological polar surface area (TPSA) is 41.1 Å². The fourth-order valence-electron chi connectivity index (χ4n) is 1.60. The van der Waals surface area contributed by atoms with E-state index in [2.05, 4.69) is 10.6 Å². The van der Waals surface area contributed by atoms with Gasteiger partial charge in [-0.1, -0.05) is 6.07 Å². The number of carbonyl (C=O) groups excluding carboxylic acids is 1. The Hall–Kier alpha value is -2.43. The van der Waals surface area contributed by atoms with Crippen molar-refractivity contribution < 1.29 is 13.6 Å². The molecule has 3 nitrogen and oxygen atoms in total. The van der Waals surface area contributed by atoms with Crippen LogP contribution in [0.4, 0.5) is 20.2 Å². The number of hydrogen-bond acceptors (Lipinski definition) is 2. The van der Waals surface area contributed by atoms with E-state index < -0.39 is 17.5 Å². The molecule has 0 aliphatic rings. The number of anilines is 2. The van der Waals surface area contributed by atoms with Crippen molar-refractivity contribution >= 4 is 17.3 Å². The zero-order valence-electron chi connectivity index (χ0n) is 10.2. The molecule has 19 heavy (non-hydrogen) atoms. The molecular formula is C14H12F2N2O. The van der Waals surface area contributed by atoms with E-state index in [1.165, 1.54) is 6.07 Å². The number of amides is 1. The van der Waals surface area contributed by atoms with Crippen LogP contribution < -0.4 is 10.6 Å². The minimum atomic E-state index is -0.807. The molecule has 98 valence electrons. The first kappa shape index (κ1) is 13.0. The van der Waals surface area contributed by atoms with Crippen molar-refractivity contribution in [1.29, 1.82) is 0 Å². The van der Waals surface area contributed by atoms with Crippen molar-refractivity contribution in [3.8, 4) is 0 Å². The summed E-state index contributed by atoms with van der Waals surface area (Å²) in [5.41, 5.74) is 1.10. The van der Waals surface area contributed by atoms with Gasteiger partial charge in [0.2, 0.25) is 0 Å². The second kappa shape index (κ2) is 5.48. The Labute approximate surface area is 109 Å². The van der Waals surface area contributed by atoms with Gasteiger partial charge in [0.15, 0.2) is 0 Å². The lowest BCUT2D eigenvalue weighted by molar-refractivity contribution is 0.102. The van der Waals surface area contributed by atoms with Crippen molar-refractivity contribution in [2.75, 3.05) is 17.7 Å². The van der Waals surface area contributed by atoms with Gasteiger partial charge in [0.25, 0.3) is 5.91 Å². The molecule has 0 radical (unpaired) electrons. The SMILES string of the molecule is CNc1cccc(C(=O)Nc2ccc(F)cc2F)c1. The third kappa shape index (κ3) is 3.07. The van der Waals surface area contributed by atoms with Crippen molar-refractivity contribution in [3.63, 3.8) is 0 Å². The van der Waals surface area contributed by atoms with Crippen molar-refractivity contribution in [2.45, 2.75) is 0 Å². The first-order valence-electron chi connectivity index (χ1n) is 5.64. The first-order valence-corrected chi connectivity index (χ1v) is 5.64. The van der Waals surface area contributed by atoms with E-state index in [0.29, 0.717) is 5.56 Å². The predicted octanol–water partition coefficient (Wildman–Crippen LogP) is 3.26. The molecule has 0 saturated carbocycles. The average molecular weight is 262 g/mol. The molecule has 0 atom stereocenters. The van der Waals surface area contributed by atoms with Crippen LogP contribution in [0.3, 0.4) is 0 Å². The van der Waals surface area contributed by atoms with Gasteiger partial charge in [-0.2, -0.15) is 0 Å². The van der Waals surface area contributed by atoms with Crippen molar-refractivity contribution in [3.05, 3.63) is 59.7 Å². The minimum absolute atomic E-state index is 0.0544. The zero-order valence-corrected chi connectivity index (χ0v) is 10.2. The number of benzene rings is 2. The predicted molar refractivity (Wildman–Crippen MR) is 70.3 cm³/mol. The molecule has 5 heteroatoms. The maximum atomic E-state index is 13.4. The zero-order chi connectivity index (χ0) is 13.8. The van der Waals surface area contributed by atoms with Gasteiger partial charge in [-0.25, -0.2) is 8.78 Å². The summed E-state index contributed by atoms with van der Waals surface area (Å²) in [4.78, 5) is 11.9. The summed E-state index contributed by atoms with van der Waals surface area (Å²) in [6.07, 6.45) is 0. The highest BCUT2D eigenvalue weighted by atomic mass is 19.1. The number of hydrogen-bond donors (Lipinski definition) is 2. The van der Waals surface area contributed by atoms with Crippen LogP contribution in [0.25, 0.3) is 0 Å². The molecule has 0 aromatic heterocycles. The van der Waals surface area contributed by atoms with E-state index in [1.54, 1.807) is 31.3 Å². The smallest absolute Gasteiger partial charge is 0.255 e. The van der Waals surface area contributed by atoms with Gasteiger partial charge < -0.3 is 10.6 Å². The monoisotopic (exact) mass is 262 g/mol. The molecule has 2 N–H and O–H groups in total. The Balaban J connectivity index is 2.20. The van der Waals surface area contributed by atoms with Crippen LogP contribution in [0.1, 0.15) is 10.4 Å². The van der Waals surface area contributed by atoms with E-state index in [-0.39, 0.29) is 5.69 Å². The Morgan fingerprint density at radius 3 is 2.58 bits per heavy atom. The second-order valence-electron chi connectivity index (χ2n) is 3.91. The first-order chi connectivity index (χ1) is 9.10. The molecule has 2 aromatic rings. The van der Waals surface area contributed by atoms with Gasteiger partial charge >= 0.3 is 0 Å². The van der Waals surface area contributed by atoms with E-state index in [9.17, 15) is 13.6 Å². The van der Waals surface area contributed by atoms with E-state index in [0.717, 1.165) is 17.8 Å². The molecule has 0 unspecified atom stereocenters. The number of rotatable bonds is 3.